The van der Waals surface area contributed by atoms with Gasteiger partial charge in [-0.15, -0.1) is 0 Å². The first-order chi connectivity index (χ1) is 8.61. The molecule has 96 valence electrons. The number of aromatic nitrogens is 2. The molecule has 1 heterocycles. The lowest BCUT2D eigenvalue weighted by Crippen LogP contribution is -2.06. The molecule has 0 aliphatic carbocycles. The fraction of sp³-hybridized carbons (Fsp3) is 0.250. The van der Waals surface area contributed by atoms with Crippen molar-refractivity contribution in [2.45, 2.75) is 6.54 Å². The van der Waals surface area contributed by atoms with Crippen molar-refractivity contribution in [3.8, 4) is 5.75 Å². The zero-order valence-corrected chi connectivity index (χ0v) is 13.2. The first-order valence-electron chi connectivity index (χ1n) is 5.35. The van der Waals surface area contributed by atoms with E-state index in [0.29, 0.717) is 6.54 Å². The lowest BCUT2D eigenvalue weighted by atomic mass is 10.3. The average Bonchev–Trinajstić information content (AvgIpc) is 2.73. The second kappa shape index (κ2) is 5.75. The molecule has 0 amide bonds. The van der Waals surface area contributed by atoms with Gasteiger partial charge >= 0.3 is 0 Å². The van der Waals surface area contributed by atoms with Gasteiger partial charge in [-0.3, -0.25) is 4.68 Å². The van der Waals surface area contributed by atoms with Gasteiger partial charge in [0.05, 0.1) is 25.0 Å². The largest absolute Gasteiger partial charge is 0.497 e. The lowest BCUT2D eigenvalue weighted by molar-refractivity contribution is 0.414. The molecule has 18 heavy (non-hydrogen) atoms. The number of hydrogen-bond acceptors (Lipinski definition) is 3. The van der Waals surface area contributed by atoms with Crippen molar-refractivity contribution in [3.63, 3.8) is 0 Å². The van der Waals surface area contributed by atoms with Crippen LogP contribution < -0.4 is 10.1 Å². The van der Waals surface area contributed by atoms with Gasteiger partial charge in [-0.1, -0.05) is 0 Å². The molecule has 0 aliphatic rings. The third kappa shape index (κ3) is 2.87. The van der Waals surface area contributed by atoms with Gasteiger partial charge in [-0.25, -0.2) is 0 Å². The topological polar surface area (TPSA) is 39.1 Å². The van der Waals surface area contributed by atoms with Crippen LogP contribution >= 0.6 is 31.9 Å². The number of benzene rings is 1. The summed E-state index contributed by atoms with van der Waals surface area (Å²) in [5, 5.41) is 7.50. The molecule has 1 N–H and O–H groups in total. The molecule has 0 unspecified atom stereocenters. The van der Waals surface area contributed by atoms with E-state index in [9.17, 15) is 0 Å². The molecule has 1 aromatic heterocycles. The van der Waals surface area contributed by atoms with E-state index in [2.05, 4.69) is 42.3 Å². The highest BCUT2D eigenvalue weighted by Crippen LogP contribution is 2.35. The van der Waals surface area contributed by atoms with Gasteiger partial charge in [0, 0.05) is 22.2 Å². The minimum atomic E-state index is 0.708. The number of anilines is 1. The summed E-state index contributed by atoms with van der Waals surface area (Å²) in [6.07, 6.45) is 1.79. The van der Waals surface area contributed by atoms with E-state index in [0.717, 1.165) is 26.1 Å². The highest BCUT2D eigenvalue weighted by Gasteiger charge is 2.08. The quantitative estimate of drug-likeness (QED) is 0.889. The highest BCUT2D eigenvalue weighted by molar-refractivity contribution is 9.11. The summed E-state index contributed by atoms with van der Waals surface area (Å²) in [5.74, 6) is 0.805. The van der Waals surface area contributed by atoms with Gasteiger partial charge in [-0.05, 0) is 50.1 Å². The third-order valence-electron chi connectivity index (χ3n) is 2.62. The highest BCUT2D eigenvalue weighted by atomic mass is 79.9. The van der Waals surface area contributed by atoms with Crippen molar-refractivity contribution in [1.29, 1.82) is 0 Å². The maximum atomic E-state index is 5.20. The molecule has 2 aromatic rings. The van der Waals surface area contributed by atoms with Crippen LogP contribution in [0.4, 0.5) is 5.69 Å². The summed E-state index contributed by atoms with van der Waals surface area (Å²) >= 11 is 7.05. The minimum Gasteiger partial charge on any atom is -0.497 e. The van der Waals surface area contributed by atoms with E-state index in [-0.39, 0.29) is 0 Å². The average molecular weight is 375 g/mol. The van der Waals surface area contributed by atoms with E-state index in [1.165, 1.54) is 0 Å². The number of ether oxygens (including phenoxy) is 1. The minimum absolute atomic E-state index is 0.708. The van der Waals surface area contributed by atoms with E-state index >= 15 is 0 Å². The Morgan fingerprint density at radius 3 is 2.50 bits per heavy atom. The van der Waals surface area contributed by atoms with Gasteiger partial charge in [0.2, 0.25) is 0 Å². The molecule has 0 atom stereocenters. The Kier molecular flexibility index (Phi) is 4.29. The zero-order valence-electron chi connectivity index (χ0n) is 10.1. The zero-order chi connectivity index (χ0) is 13.1. The standard InChI is InChI=1S/C12H13Br2N3O/c1-17-8(3-4-16-17)7-15-12-10(13)5-9(18-2)6-11(12)14/h3-6,15H,7H2,1-2H3. The molecule has 0 bridgehead atoms. The Morgan fingerprint density at radius 2 is 2.00 bits per heavy atom. The number of methoxy groups -OCH3 is 1. The second-order valence-corrected chi connectivity index (χ2v) is 5.47. The molecule has 1 aromatic carbocycles. The lowest BCUT2D eigenvalue weighted by Gasteiger charge is -2.12. The molecule has 0 aliphatic heterocycles. The number of hydrogen-bond donors (Lipinski definition) is 1. The van der Waals surface area contributed by atoms with Crippen LogP contribution in [0.2, 0.25) is 0 Å². The normalized spacial score (nSPS) is 10.4. The fourth-order valence-electron chi connectivity index (χ4n) is 1.59. The van der Waals surface area contributed by atoms with Crippen molar-refractivity contribution >= 4 is 37.5 Å². The summed E-state index contributed by atoms with van der Waals surface area (Å²) in [6.45, 7) is 0.708. The number of nitrogens with one attached hydrogen (secondary N) is 1. The van der Waals surface area contributed by atoms with Crippen molar-refractivity contribution < 1.29 is 4.74 Å². The van der Waals surface area contributed by atoms with Crippen molar-refractivity contribution in [3.05, 3.63) is 39.0 Å². The Balaban J connectivity index is 2.17. The number of halogens is 2. The first-order valence-corrected chi connectivity index (χ1v) is 6.94. The Hall–Kier alpha value is -1.01. The monoisotopic (exact) mass is 373 g/mol. The Labute approximate surface area is 123 Å². The molecule has 0 spiro atoms. The van der Waals surface area contributed by atoms with Crippen molar-refractivity contribution in [1.82, 2.24) is 9.78 Å². The van der Waals surface area contributed by atoms with Gasteiger partial charge < -0.3 is 10.1 Å². The molecule has 0 saturated heterocycles. The number of aryl methyl sites for hydroxylation is 1. The summed E-state index contributed by atoms with van der Waals surface area (Å²) in [4.78, 5) is 0. The van der Waals surface area contributed by atoms with Gasteiger partial charge in [0.1, 0.15) is 5.75 Å². The van der Waals surface area contributed by atoms with Crippen molar-refractivity contribution in [2.75, 3.05) is 12.4 Å². The van der Waals surface area contributed by atoms with Crippen LogP contribution in [-0.2, 0) is 13.6 Å². The molecular weight excluding hydrogens is 362 g/mol. The van der Waals surface area contributed by atoms with E-state index < -0.39 is 0 Å². The fourth-order valence-corrected chi connectivity index (χ4v) is 3.02. The SMILES string of the molecule is COc1cc(Br)c(NCc2ccnn2C)c(Br)c1. The van der Waals surface area contributed by atoms with E-state index in [1.807, 2.05) is 29.9 Å². The molecule has 2 rings (SSSR count). The van der Waals surface area contributed by atoms with Crippen LogP contribution in [0.3, 0.4) is 0 Å². The van der Waals surface area contributed by atoms with E-state index in [1.54, 1.807) is 13.3 Å². The van der Waals surface area contributed by atoms with Gasteiger partial charge in [0.15, 0.2) is 0 Å². The molecule has 6 heteroatoms. The van der Waals surface area contributed by atoms with Crippen LogP contribution in [0.1, 0.15) is 5.69 Å². The van der Waals surface area contributed by atoms with Crippen LogP contribution in [0.25, 0.3) is 0 Å². The Morgan fingerprint density at radius 1 is 1.33 bits per heavy atom. The number of rotatable bonds is 4. The van der Waals surface area contributed by atoms with Crippen molar-refractivity contribution in [2.24, 2.45) is 7.05 Å². The van der Waals surface area contributed by atoms with Crippen LogP contribution in [-0.4, -0.2) is 16.9 Å². The first kappa shape index (κ1) is 13.4. The van der Waals surface area contributed by atoms with Crippen LogP contribution in [0, 0.1) is 0 Å². The smallest absolute Gasteiger partial charge is 0.121 e. The summed E-state index contributed by atoms with van der Waals surface area (Å²) in [7, 11) is 3.58. The van der Waals surface area contributed by atoms with Gasteiger partial charge in [-0.2, -0.15) is 5.10 Å². The predicted molar refractivity (Wildman–Crippen MR) is 78.9 cm³/mol. The summed E-state index contributed by atoms with van der Waals surface area (Å²) < 4.78 is 8.95. The Bertz CT molecular complexity index is 531. The van der Waals surface area contributed by atoms with Crippen LogP contribution in [0.5, 0.6) is 5.75 Å². The maximum Gasteiger partial charge on any atom is 0.121 e. The molecule has 0 saturated carbocycles. The molecular formula is C12H13Br2N3O. The maximum absolute atomic E-state index is 5.20. The summed E-state index contributed by atoms with van der Waals surface area (Å²) in [6, 6.07) is 5.84. The predicted octanol–water partition coefficient (Wildman–Crippen LogP) is 3.57. The van der Waals surface area contributed by atoms with Gasteiger partial charge in [0.25, 0.3) is 0 Å². The molecule has 0 fully saturated rings. The number of nitrogens with zero attached hydrogens (tertiary/aromatic N) is 2. The molecule has 4 nitrogen and oxygen atoms in total. The van der Waals surface area contributed by atoms with E-state index in [4.69, 9.17) is 4.74 Å². The molecule has 0 radical (unpaired) electrons. The van der Waals surface area contributed by atoms with Crippen LogP contribution in [0.15, 0.2) is 33.3 Å². The summed E-state index contributed by atoms with van der Waals surface area (Å²) in [5.41, 5.74) is 2.11. The second-order valence-electron chi connectivity index (χ2n) is 3.77. The third-order valence-corrected chi connectivity index (χ3v) is 3.87.